The van der Waals surface area contributed by atoms with Crippen LogP contribution in [0.15, 0.2) is 30.3 Å². The van der Waals surface area contributed by atoms with E-state index in [0.29, 0.717) is 0 Å². The minimum absolute atomic E-state index is 0.142. The summed E-state index contributed by atoms with van der Waals surface area (Å²) in [6.07, 6.45) is -3.12. The second kappa shape index (κ2) is 6.11. The Balaban J connectivity index is 2.23. The molecule has 0 radical (unpaired) electrons. The second-order valence-corrected chi connectivity index (χ2v) is 3.08. The van der Waals surface area contributed by atoms with E-state index in [1.807, 2.05) is 18.2 Å². The molecule has 15 heavy (non-hydrogen) atoms. The van der Waals surface area contributed by atoms with Crippen LogP contribution >= 0.6 is 0 Å². The number of carbonyl (C=O) groups excluding carboxylic acids is 1. The van der Waals surface area contributed by atoms with E-state index in [1.165, 1.54) is 0 Å². The topological polar surface area (TPSA) is 26.3 Å². The van der Waals surface area contributed by atoms with Crippen LogP contribution in [0, 0.1) is 0 Å². The molecule has 0 unspecified atom stereocenters. The van der Waals surface area contributed by atoms with Crippen LogP contribution in [0.25, 0.3) is 0 Å². The van der Waals surface area contributed by atoms with Gasteiger partial charge in [0.25, 0.3) is 0 Å². The molecule has 1 aromatic rings. The summed E-state index contributed by atoms with van der Waals surface area (Å²) < 4.78 is 28.3. The summed E-state index contributed by atoms with van der Waals surface area (Å²) in [4.78, 5) is 11.0. The van der Waals surface area contributed by atoms with Gasteiger partial charge < -0.3 is 4.74 Å². The normalized spacial score (nSPS) is 10.3. The monoisotopic (exact) mass is 214 g/mol. The van der Waals surface area contributed by atoms with Crippen LogP contribution in [0.2, 0.25) is 0 Å². The van der Waals surface area contributed by atoms with Gasteiger partial charge in [-0.05, 0) is 5.56 Å². The maximum atomic E-state index is 11.8. The maximum Gasteiger partial charge on any atom is 0.306 e. The molecule has 0 aromatic heterocycles. The highest BCUT2D eigenvalue weighted by Crippen LogP contribution is 2.06. The van der Waals surface area contributed by atoms with E-state index in [-0.39, 0.29) is 13.0 Å². The summed E-state index contributed by atoms with van der Waals surface area (Å²) in [6.45, 7) is 0.142. The van der Waals surface area contributed by atoms with Crippen LogP contribution in [0.5, 0.6) is 0 Å². The minimum Gasteiger partial charge on any atom is -0.461 e. The van der Waals surface area contributed by atoms with Crippen molar-refractivity contribution in [3.63, 3.8) is 0 Å². The zero-order chi connectivity index (χ0) is 11.1. The van der Waals surface area contributed by atoms with Crippen LogP contribution in [-0.4, -0.2) is 12.4 Å². The molecule has 82 valence electrons. The van der Waals surface area contributed by atoms with Crippen molar-refractivity contribution in [3.8, 4) is 0 Å². The van der Waals surface area contributed by atoms with Crippen LogP contribution in [-0.2, 0) is 16.1 Å². The van der Waals surface area contributed by atoms with E-state index in [1.54, 1.807) is 12.1 Å². The number of rotatable bonds is 5. The molecule has 0 heterocycles. The molecular formula is C11H12F2O2. The van der Waals surface area contributed by atoms with E-state index in [2.05, 4.69) is 0 Å². The molecule has 0 bridgehead atoms. The van der Waals surface area contributed by atoms with Crippen molar-refractivity contribution >= 4 is 5.97 Å². The summed E-state index contributed by atoms with van der Waals surface area (Å²) in [5.74, 6) is -0.584. The lowest BCUT2D eigenvalue weighted by molar-refractivity contribution is -0.145. The van der Waals surface area contributed by atoms with Crippen LogP contribution in [0.1, 0.15) is 18.4 Å². The fraction of sp³-hybridized carbons (Fsp3) is 0.364. The Morgan fingerprint density at radius 3 is 2.53 bits per heavy atom. The highest BCUT2D eigenvalue weighted by Gasteiger charge is 2.08. The summed E-state index contributed by atoms with van der Waals surface area (Å²) in [5.41, 5.74) is 0.850. The van der Waals surface area contributed by atoms with E-state index < -0.39 is 18.8 Å². The second-order valence-electron chi connectivity index (χ2n) is 3.08. The molecule has 0 aliphatic rings. The first kappa shape index (κ1) is 11.6. The van der Waals surface area contributed by atoms with Crippen molar-refractivity contribution in [2.75, 3.05) is 0 Å². The van der Waals surface area contributed by atoms with Crippen molar-refractivity contribution in [2.24, 2.45) is 0 Å². The van der Waals surface area contributed by atoms with E-state index in [0.717, 1.165) is 5.56 Å². The number of hydrogen-bond acceptors (Lipinski definition) is 2. The van der Waals surface area contributed by atoms with Gasteiger partial charge in [0.2, 0.25) is 6.43 Å². The summed E-state index contributed by atoms with van der Waals surface area (Å²) in [6, 6.07) is 9.10. The predicted octanol–water partition coefficient (Wildman–Crippen LogP) is 2.78. The Labute approximate surface area is 86.9 Å². The fourth-order valence-electron chi connectivity index (χ4n) is 1.04. The number of alkyl halides is 2. The summed E-state index contributed by atoms with van der Waals surface area (Å²) in [7, 11) is 0. The van der Waals surface area contributed by atoms with Crippen molar-refractivity contribution in [3.05, 3.63) is 35.9 Å². The van der Waals surface area contributed by atoms with Crippen LogP contribution < -0.4 is 0 Å². The first-order valence-electron chi connectivity index (χ1n) is 4.66. The van der Waals surface area contributed by atoms with Gasteiger partial charge in [-0.1, -0.05) is 30.3 Å². The van der Waals surface area contributed by atoms with Gasteiger partial charge in [-0.15, -0.1) is 0 Å². The first-order valence-corrected chi connectivity index (χ1v) is 4.66. The molecule has 0 amide bonds. The van der Waals surface area contributed by atoms with E-state index in [4.69, 9.17) is 4.74 Å². The van der Waals surface area contributed by atoms with Crippen molar-refractivity contribution < 1.29 is 18.3 Å². The van der Waals surface area contributed by atoms with Gasteiger partial charge in [0.1, 0.15) is 6.61 Å². The lowest BCUT2D eigenvalue weighted by Crippen LogP contribution is -2.06. The lowest BCUT2D eigenvalue weighted by Gasteiger charge is -2.04. The minimum atomic E-state index is -2.45. The largest absolute Gasteiger partial charge is 0.461 e. The van der Waals surface area contributed by atoms with Crippen molar-refractivity contribution in [1.29, 1.82) is 0 Å². The average Bonchev–Trinajstić information content (AvgIpc) is 2.25. The zero-order valence-corrected chi connectivity index (χ0v) is 8.16. The Kier molecular flexibility index (Phi) is 4.74. The highest BCUT2D eigenvalue weighted by atomic mass is 19.3. The number of esters is 1. The third kappa shape index (κ3) is 5.10. The van der Waals surface area contributed by atoms with E-state index in [9.17, 15) is 13.6 Å². The highest BCUT2D eigenvalue weighted by molar-refractivity contribution is 5.69. The Hall–Kier alpha value is -1.45. The summed E-state index contributed by atoms with van der Waals surface area (Å²) in [5, 5.41) is 0. The number of ether oxygens (including phenoxy) is 1. The average molecular weight is 214 g/mol. The predicted molar refractivity (Wildman–Crippen MR) is 51.5 cm³/mol. The molecule has 0 saturated heterocycles. The fourth-order valence-corrected chi connectivity index (χ4v) is 1.04. The molecular weight excluding hydrogens is 202 g/mol. The standard InChI is InChI=1S/C11H12F2O2/c12-10(13)6-7-11(14)15-8-9-4-2-1-3-5-9/h1-5,10H,6-8H2. The SMILES string of the molecule is O=C(CCC(F)F)OCc1ccccc1. The van der Waals surface area contributed by atoms with Gasteiger partial charge in [0, 0.05) is 6.42 Å². The van der Waals surface area contributed by atoms with Gasteiger partial charge in [-0.25, -0.2) is 8.78 Å². The van der Waals surface area contributed by atoms with Gasteiger partial charge >= 0.3 is 5.97 Å². The van der Waals surface area contributed by atoms with E-state index >= 15 is 0 Å². The first-order chi connectivity index (χ1) is 7.18. The third-order valence-electron chi connectivity index (χ3n) is 1.81. The van der Waals surface area contributed by atoms with Crippen LogP contribution in [0.4, 0.5) is 8.78 Å². The Bertz CT molecular complexity index is 299. The molecule has 2 nitrogen and oxygen atoms in total. The van der Waals surface area contributed by atoms with Gasteiger partial charge in [0.05, 0.1) is 6.42 Å². The Morgan fingerprint density at radius 2 is 1.93 bits per heavy atom. The lowest BCUT2D eigenvalue weighted by atomic mass is 10.2. The number of halogens is 2. The zero-order valence-electron chi connectivity index (χ0n) is 8.16. The number of hydrogen-bond donors (Lipinski definition) is 0. The quantitative estimate of drug-likeness (QED) is 0.704. The molecule has 0 aliphatic heterocycles. The maximum absolute atomic E-state index is 11.8. The van der Waals surface area contributed by atoms with Gasteiger partial charge in [-0.2, -0.15) is 0 Å². The molecule has 0 atom stereocenters. The Morgan fingerprint density at radius 1 is 1.27 bits per heavy atom. The van der Waals surface area contributed by atoms with Crippen molar-refractivity contribution in [1.82, 2.24) is 0 Å². The molecule has 1 rings (SSSR count). The molecule has 0 saturated carbocycles. The molecule has 0 fully saturated rings. The number of benzene rings is 1. The smallest absolute Gasteiger partial charge is 0.306 e. The molecule has 0 aliphatic carbocycles. The van der Waals surface area contributed by atoms with Gasteiger partial charge in [0.15, 0.2) is 0 Å². The third-order valence-corrected chi connectivity index (χ3v) is 1.81. The van der Waals surface area contributed by atoms with Crippen molar-refractivity contribution in [2.45, 2.75) is 25.9 Å². The summed E-state index contributed by atoms with van der Waals surface area (Å²) >= 11 is 0. The molecule has 0 N–H and O–H groups in total. The van der Waals surface area contributed by atoms with Gasteiger partial charge in [-0.3, -0.25) is 4.79 Å². The molecule has 1 aromatic carbocycles. The molecule has 0 spiro atoms. The molecule has 4 heteroatoms. The van der Waals surface area contributed by atoms with Crippen LogP contribution in [0.3, 0.4) is 0 Å². The number of carbonyl (C=O) groups is 1.